The Bertz CT molecular complexity index is 615. The van der Waals surface area contributed by atoms with E-state index in [0.717, 1.165) is 28.2 Å². The smallest absolute Gasteiger partial charge is 0.128 e. The van der Waals surface area contributed by atoms with Crippen LogP contribution in [0.15, 0.2) is 47.4 Å². The number of rotatable bonds is 4. The number of aliphatic hydroxyl groups is 1. The Hall–Kier alpha value is -1.52. The van der Waals surface area contributed by atoms with Crippen molar-refractivity contribution >= 4 is 11.8 Å². The average molecular weight is 290 g/mol. The molecule has 0 aromatic heterocycles. The molecule has 0 bridgehead atoms. The second-order valence-electron chi connectivity index (χ2n) is 4.72. The predicted molar refractivity (Wildman–Crippen MR) is 77.7 cm³/mol. The first-order valence-electron chi connectivity index (χ1n) is 6.55. The summed E-state index contributed by atoms with van der Waals surface area (Å²) in [5, 5.41) is 10.3. The molecule has 1 unspecified atom stereocenters. The molecule has 4 heteroatoms. The van der Waals surface area contributed by atoms with E-state index in [1.165, 1.54) is 23.9 Å². The van der Waals surface area contributed by atoms with Crippen LogP contribution in [0, 0.1) is 5.82 Å². The second kappa shape index (κ2) is 5.85. The molecule has 1 atom stereocenters. The van der Waals surface area contributed by atoms with Gasteiger partial charge in [0.1, 0.15) is 11.6 Å². The Kier molecular flexibility index (Phi) is 3.94. The molecule has 0 amide bonds. The van der Waals surface area contributed by atoms with Crippen molar-refractivity contribution in [2.45, 2.75) is 17.4 Å². The number of fused-ring (bicyclic) bond motifs is 1. The van der Waals surface area contributed by atoms with Crippen molar-refractivity contribution in [1.82, 2.24) is 0 Å². The van der Waals surface area contributed by atoms with Gasteiger partial charge in [0.25, 0.3) is 0 Å². The van der Waals surface area contributed by atoms with Crippen LogP contribution in [0.1, 0.15) is 17.2 Å². The Morgan fingerprint density at radius 3 is 2.95 bits per heavy atom. The first kappa shape index (κ1) is 13.5. The topological polar surface area (TPSA) is 29.5 Å². The Morgan fingerprint density at radius 2 is 2.10 bits per heavy atom. The van der Waals surface area contributed by atoms with E-state index in [0.29, 0.717) is 12.4 Å². The van der Waals surface area contributed by atoms with E-state index in [-0.39, 0.29) is 5.82 Å². The van der Waals surface area contributed by atoms with Gasteiger partial charge in [-0.2, -0.15) is 0 Å². The maximum Gasteiger partial charge on any atom is 0.128 e. The molecule has 0 fully saturated rings. The molecule has 0 radical (unpaired) electrons. The van der Waals surface area contributed by atoms with Crippen molar-refractivity contribution < 1.29 is 14.2 Å². The third-order valence-corrected chi connectivity index (χ3v) is 4.38. The maximum atomic E-state index is 13.1. The Morgan fingerprint density at radius 1 is 1.25 bits per heavy atom. The molecule has 0 aliphatic carbocycles. The number of hydrogen-bond donors (Lipinski definition) is 1. The van der Waals surface area contributed by atoms with Crippen molar-refractivity contribution in [2.75, 3.05) is 12.4 Å². The molecule has 2 aromatic rings. The van der Waals surface area contributed by atoms with Crippen LogP contribution in [0.2, 0.25) is 0 Å². The number of ether oxygens (including phenoxy) is 1. The van der Waals surface area contributed by atoms with Crippen LogP contribution in [0.5, 0.6) is 5.75 Å². The molecule has 20 heavy (non-hydrogen) atoms. The summed E-state index contributed by atoms with van der Waals surface area (Å²) in [6.45, 7) is 0.677. The number of halogens is 1. The van der Waals surface area contributed by atoms with Gasteiger partial charge in [-0.3, -0.25) is 0 Å². The highest BCUT2D eigenvalue weighted by atomic mass is 32.2. The molecule has 1 heterocycles. The first-order chi connectivity index (χ1) is 9.74. The van der Waals surface area contributed by atoms with Crippen LogP contribution < -0.4 is 4.74 Å². The summed E-state index contributed by atoms with van der Waals surface area (Å²) in [6, 6.07) is 12.3. The molecule has 0 spiro atoms. The molecule has 2 nitrogen and oxygen atoms in total. The fourth-order valence-corrected chi connectivity index (χ4v) is 3.23. The minimum absolute atomic E-state index is 0.256. The van der Waals surface area contributed by atoms with E-state index in [2.05, 4.69) is 0 Å². The molecule has 1 aliphatic rings. The van der Waals surface area contributed by atoms with Gasteiger partial charge < -0.3 is 9.84 Å². The van der Waals surface area contributed by atoms with Crippen LogP contribution in [-0.2, 0) is 6.42 Å². The summed E-state index contributed by atoms with van der Waals surface area (Å²) >= 11 is 1.44. The largest absolute Gasteiger partial charge is 0.493 e. The molecule has 0 saturated carbocycles. The van der Waals surface area contributed by atoms with Crippen LogP contribution in [0.25, 0.3) is 0 Å². The SMILES string of the molecule is OC(CSc1cccc(F)c1)c1cccc2c1OCC2. The van der Waals surface area contributed by atoms with Crippen LogP contribution >= 0.6 is 11.8 Å². The van der Waals surface area contributed by atoms with Gasteiger partial charge in [-0.15, -0.1) is 11.8 Å². The zero-order valence-corrected chi connectivity index (χ0v) is 11.7. The van der Waals surface area contributed by atoms with Gasteiger partial charge in [0.05, 0.1) is 12.7 Å². The second-order valence-corrected chi connectivity index (χ2v) is 5.81. The highest BCUT2D eigenvalue weighted by Crippen LogP contribution is 2.35. The van der Waals surface area contributed by atoms with Gasteiger partial charge in [-0.1, -0.05) is 24.3 Å². The standard InChI is InChI=1S/C16H15FO2S/c17-12-4-2-5-13(9-12)20-10-15(18)14-6-1-3-11-7-8-19-16(11)14/h1-6,9,15,18H,7-8,10H2. The summed E-state index contributed by atoms with van der Waals surface area (Å²) in [7, 11) is 0. The first-order valence-corrected chi connectivity index (χ1v) is 7.53. The van der Waals surface area contributed by atoms with Gasteiger partial charge in [0.2, 0.25) is 0 Å². The Labute approximate surface area is 121 Å². The molecular weight excluding hydrogens is 275 g/mol. The lowest BCUT2D eigenvalue weighted by Gasteiger charge is -2.14. The van der Waals surface area contributed by atoms with Crippen molar-refractivity contribution in [3.63, 3.8) is 0 Å². The lowest BCUT2D eigenvalue weighted by molar-refractivity contribution is 0.198. The highest BCUT2D eigenvalue weighted by Gasteiger charge is 2.20. The molecule has 1 aliphatic heterocycles. The average Bonchev–Trinajstić information content (AvgIpc) is 2.93. The fraction of sp³-hybridized carbons (Fsp3) is 0.250. The van der Waals surface area contributed by atoms with Crippen LogP contribution in [0.4, 0.5) is 4.39 Å². The number of benzene rings is 2. The maximum absolute atomic E-state index is 13.1. The molecule has 0 saturated heterocycles. The van der Waals surface area contributed by atoms with E-state index in [1.807, 2.05) is 24.3 Å². The number of thioether (sulfide) groups is 1. The van der Waals surface area contributed by atoms with Gasteiger partial charge in [0, 0.05) is 22.6 Å². The lowest BCUT2D eigenvalue weighted by atomic mass is 10.0. The summed E-state index contributed by atoms with van der Waals surface area (Å²) in [5.41, 5.74) is 1.97. The number of para-hydroxylation sites is 1. The summed E-state index contributed by atoms with van der Waals surface area (Å²) in [5.74, 6) is 1.04. The van der Waals surface area contributed by atoms with E-state index in [1.54, 1.807) is 6.07 Å². The van der Waals surface area contributed by atoms with Gasteiger partial charge >= 0.3 is 0 Å². The third kappa shape index (κ3) is 2.81. The zero-order chi connectivity index (χ0) is 13.9. The zero-order valence-electron chi connectivity index (χ0n) is 10.9. The van der Waals surface area contributed by atoms with Crippen molar-refractivity contribution in [3.05, 3.63) is 59.4 Å². The number of aliphatic hydroxyl groups excluding tert-OH is 1. The summed E-state index contributed by atoms with van der Waals surface area (Å²) in [4.78, 5) is 0.817. The van der Waals surface area contributed by atoms with Crippen molar-refractivity contribution in [3.8, 4) is 5.75 Å². The van der Waals surface area contributed by atoms with Crippen molar-refractivity contribution in [1.29, 1.82) is 0 Å². The highest BCUT2D eigenvalue weighted by molar-refractivity contribution is 7.99. The van der Waals surface area contributed by atoms with Crippen LogP contribution in [-0.4, -0.2) is 17.5 Å². The van der Waals surface area contributed by atoms with Gasteiger partial charge in [-0.25, -0.2) is 4.39 Å². The van der Waals surface area contributed by atoms with Crippen LogP contribution in [0.3, 0.4) is 0 Å². The van der Waals surface area contributed by atoms with Gasteiger partial charge in [0.15, 0.2) is 0 Å². The monoisotopic (exact) mass is 290 g/mol. The Balaban J connectivity index is 1.71. The van der Waals surface area contributed by atoms with E-state index in [9.17, 15) is 9.50 Å². The molecule has 3 rings (SSSR count). The predicted octanol–water partition coefficient (Wildman–Crippen LogP) is 3.59. The minimum Gasteiger partial charge on any atom is -0.493 e. The van der Waals surface area contributed by atoms with E-state index >= 15 is 0 Å². The molecule has 1 N–H and O–H groups in total. The molecular formula is C16H15FO2S. The lowest BCUT2D eigenvalue weighted by Crippen LogP contribution is -2.03. The minimum atomic E-state index is -0.615. The van der Waals surface area contributed by atoms with E-state index < -0.39 is 6.10 Å². The number of hydrogen-bond acceptors (Lipinski definition) is 3. The molecule has 104 valence electrons. The quantitative estimate of drug-likeness (QED) is 0.873. The summed E-state index contributed by atoms with van der Waals surface area (Å²) < 4.78 is 18.7. The van der Waals surface area contributed by atoms with Gasteiger partial charge in [-0.05, 0) is 23.8 Å². The molecule has 2 aromatic carbocycles. The van der Waals surface area contributed by atoms with E-state index in [4.69, 9.17) is 4.74 Å². The normalized spacial score (nSPS) is 14.7. The summed E-state index contributed by atoms with van der Waals surface area (Å²) in [6.07, 6.45) is 0.281. The van der Waals surface area contributed by atoms with Crippen molar-refractivity contribution in [2.24, 2.45) is 0 Å². The third-order valence-electron chi connectivity index (χ3n) is 3.31. The fourth-order valence-electron chi connectivity index (χ4n) is 2.32.